The van der Waals surface area contributed by atoms with Crippen molar-refractivity contribution in [1.82, 2.24) is 4.31 Å². The zero-order valence-corrected chi connectivity index (χ0v) is 19.4. The summed E-state index contributed by atoms with van der Waals surface area (Å²) in [4.78, 5) is 24.7. The van der Waals surface area contributed by atoms with Gasteiger partial charge in [-0.15, -0.1) is 11.3 Å². The van der Waals surface area contributed by atoms with Gasteiger partial charge in [-0.2, -0.15) is 4.31 Å². The Morgan fingerprint density at radius 2 is 1.36 bits per heavy atom. The number of rotatable bonds is 6. The maximum atomic E-state index is 12.7. The lowest BCUT2D eigenvalue weighted by molar-refractivity contribution is -0.120. The Bertz CT molecular complexity index is 1190. The Morgan fingerprint density at radius 1 is 0.788 bits per heavy atom. The SMILES string of the molecule is O=C(Nc1ccccc1)Nc1ccc(NC(=O)C2CCN(S(=O)(=O)c3cccs3)CC2)cc1. The zero-order chi connectivity index (χ0) is 23.3. The van der Waals surface area contributed by atoms with Gasteiger partial charge in [0.05, 0.1) is 0 Å². The summed E-state index contributed by atoms with van der Waals surface area (Å²) < 4.78 is 27.0. The van der Waals surface area contributed by atoms with Gasteiger partial charge < -0.3 is 16.0 Å². The van der Waals surface area contributed by atoms with Crippen LogP contribution < -0.4 is 16.0 Å². The highest BCUT2D eigenvalue weighted by atomic mass is 32.2. The lowest BCUT2D eigenvalue weighted by Crippen LogP contribution is -2.41. The number of benzene rings is 2. The van der Waals surface area contributed by atoms with Crippen LogP contribution in [-0.4, -0.2) is 37.8 Å². The molecule has 172 valence electrons. The van der Waals surface area contributed by atoms with E-state index in [0.29, 0.717) is 47.2 Å². The van der Waals surface area contributed by atoms with E-state index >= 15 is 0 Å². The minimum Gasteiger partial charge on any atom is -0.326 e. The Hall–Kier alpha value is -3.21. The van der Waals surface area contributed by atoms with Crippen molar-refractivity contribution in [2.24, 2.45) is 5.92 Å². The monoisotopic (exact) mass is 484 g/mol. The second-order valence-electron chi connectivity index (χ2n) is 7.62. The molecule has 0 spiro atoms. The molecule has 3 aromatic rings. The standard InChI is InChI=1S/C23H24N4O4S2/c28-22(17-12-14-27(15-13-17)33(30,31)21-7-4-16-32-21)24-19-8-10-20(11-9-19)26-23(29)25-18-5-2-1-3-6-18/h1-11,16-17H,12-15H2,(H,24,28)(H2,25,26,29). The van der Waals surface area contributed by atoms with Gasteiger partial charge in [0.25, 0.3) is 10.0 Å². The molecule has 1 fully saturated rings. The first-order valence-electron chi connectivity index (χ1n) is 10.5. The van der Waals surface area contributed by atoms with Crippen LogP contribution in [0.2, 0.25) is 0 Å². The molecule has 0 saturated carbocycles. The van der Waals surface area contributed by atoms with Crippen LogP contribution in [0.25, 0.3) is 0 Å². The van der Waals surface area contributed by atoms with E-state index in [4.69, 9.17) is 0 Å². The summed E-state index contributed by atoms with van der Waals surface area (Å²) in [5.74, 6) is -0.389. The second kappa shape index (κ2) is 10.2. The third kappa shape index (κ3) is 5.78. The van der Waals surface area contributed by atoms with Crippen LogP contribution in [0.3, 0.4) is 0 Å². The number of thiophene rings is 1. The van der Waals surface area contributed by atoms with Crippen molar-refractivity contribution >= 4 is 50.4 Å². The number of urea groups is 1. The summed E-state index contributed by atoms with van der Waals surface area (Å²) >= 11 is 1.20. The average molecular weight is 485 g/mol. The molecule has 1 aromatic heterocycles. The number of amides is 3. The van der Waals surface area contributed by atoms with E-state index in [2.05, 4.69) is 16.0 Å². The normalized spacial score (nSPS) is 15.0. The van der Waals surface area contributed by atoms with E-state index in [-0.39, 0.29) is 17.9 Å². The van der Waals surface area contributed by atoms with E-state index in [1.54, 1.807) is 53.9 Å². The fourth-order valence-electron chi connectivity index (χ4n) is 3.59. The first-order valence-corrected chi connectivity index (χ1v) is 12.8. The summed E-state index contributed by atoms with van der Waals surface area (Å²) in [6.45, 7) is 0.634. The van der Waals surface area contributed by atoms with Gasteiger partial charge in [0.2, 0.25) is 5.91 Å². The van der Waals surface area contributed by atoms with Gasteiger partial charge >= 0.3 is 6.03 Å². The first kappa shape index (κ1) is 23.0. The van der Waals surface area contributed by atoms with Gasteiger partial charge in [0.15, 0.2) is 0 Å². The molecule has 0 aliphatic carbocycles. The molecule has 3 N–H and O–H groups in total. The lowest BCUT2D eigenvalue weighted by Gasteiger charge is -2.30. The molecule has 0 radical (unpaired) electrons. The predicted molar refractivity (Wildman–Crippen MR) is 130 cm³/mol. The Kier molecular flexibility index (Phi) is 7.07. The molecule has 8 nitrogen and oxygen atoms in total. The highest BCUT2D eigenvalue weighted by Gasteiger charge is 2.32. The number of hydrogen-bond donors (Lipinski definition) is 3. The number of piperidine rings is 1. The molecule has 1 aliphatic heterocycles. The number of para-hydroxylation sites is 1. The number of nitrogens with one attached hydrogen (secondary N) is 3. The summed E-state index contributed by atoms with van der Waals surface area (Å²) in [7, 11) is -3.48. The van der Waals surface area contributed by atoms with Crippen LogP contribution in [0.15, 0.2) is 76.3 Å². The smallest absolute Gasteiger partial charge is 0.323 e. The molecule has 33 heavy (non-hydrogen) atoms. The molecule has 1 saturated heterocycles. The number of carbonyl (C=O) groups is 2. The Morgan fingerprint density at radius 3 is 1.94 bits per heavy atom. The van der Waals surface area contributed by atoms with E-state index in [0.717, 1.165) is 0 Å². The Balaban J connectivity index is 1.26. The molecule has 1 aliphatic rings. The lowest BCUT2D eigenvalue weighted by atomic mass is 9.97. The molecule has 3 amide bonds. The number of carbonyl (C=O) groups excluding carboxylic acids is 2. The van der Waals surface area contributed by atoms with Crippen LogP contribution >= 0.6 is 11.3 Å². The summed E-state index contributed by atoms with van der Waals surface area (Å²) in [5.41, 5.74) is 1.89. The third-order valence-electron chi connectivity index (χ3n) is 5.36. The van der Waals surface area contributed by atoms with Crippen LogP contribution in [-0.2, 0) is 14.8 Å². The Labute approximate surface area is 196 Å². The van der Waals surface area contributed by atoms with Gasteiger partial charge in [-0.05, 0) is 60.7 Å². The number of nitrogens with zero attached hydrogens (tertiary/aromatic N) is 1. The molecular weight excluding hydrogens is 460 g/mol. The summed E-state index contributed by atoms with van der Waals surface area (Å²) in [6, 6.07) is 18.9. The van der Waals surface area contributed by atoms with E-state index in [1.165, 1.54) is 15.6 Å². The van der Waals surface area contributed by atoms with Gasteiger partial charge in [0.1, 0.15) is 4.21 Å². The van der Waals surface area contributed by atoms with Gasteiger partial charge in [-0.25, -0.2) is 13.2 Å². The third-order valence-corrected chi connectivity index (χ3v) is 8.63. The molecule has 0 atom stereocenters. The quantitative estimate of drug-likeness (QED) is 0.481. The van der Waals surface area contributed by atoms with Crippen molar-refractivity contribution in [3.63, 3.8) is 0 Å². The minimum atomic E-state index is -3.48. The minimum absolute atomic E-state index is 0.134. The number of sulfonamides is 1. The van der Waals surface area contributed by atoms with Crippen LogP contribution in [0.1, 0.15) is 12.8 Å². The predicted octanol–water partition coefficient (Wildman–Crippen LogP) is 4.43. The van der Waals surface area contributed by atoms with Crippen molar-refractivity contribution in [3.05, 3.63) is 72.1 Å². The van der Waals surface area contributed by atoms with Gasteiger partial charge in [-0.1, -0.05) is 24.3 Å². The van der Waals surface area contributed by atoms with Gasteiger partial charge in [-0.3, -0.25) is 4.79 Å². The van der Waals surface area contributed by atoms with Crippen molar-refractivity contribution in [3.8, 4) is 0 Å². The number of hydrogen-bond acceptors (Lipinski definition) is 5. The topological polar surface area (TPSA) is 108 Å². The summed E-state index contributed by atoms with van der Waals surface area (Å²) in [5, 5.41) is 10.1. The molecule has 10 heteroatoms. The van der Waals surface area contributed by atoms with Crippen molar-refractivity contribution in [2.45, 2.75) is 17.1 Å². The maximum absolute atomic E-state index is 12.7. The first-order chi connectivity index (χ1) is 15.9. The van der Waals surface area contributed by atoms with Crippen LogP contribution in [0.5, 0.6) is 0 Å². The van der Waals surface area contributed by atoms with Crippen LogP contribution in [0, 0.1) is 5.92 Å². The van der Waals surface area contributed by atoms with Crippen molar-refractivity contribution < 1.29 is 18.0 Å². The highest BCUT2D eigenvalue weighted by Crippen LogP contribution is 2.27. The average Bonchev–Trinajstić information content (AvgIpc) is 3.37. The van der Waals surface area contributed by atoms with E-state index in [1.807, 2.05) is 18.2 Å². The van der Waals surface area contributed by atoms with E-state index in [9.17, 15) is 18.0 Å². The fourth-order valence-corrected chi connectivity index (χ4v) is 6.21. The molecule has 2 heterocycles. The summed E-state index contributed by atoms with van der Waals surface area (Å²) in [6.07, 6.45) is 0.936. The largest absolute Gasteiger partial charge is 0.326 e. The van der Waals surface area contributed by atoms with Crippen molar-refractivity contribution in [1.29, 1.82) is 0 Å². The van der Waals surface area contributed by atoms with Crippen molar-refractivity contribution in [2.75, 3.05) is 29.0 Å². The molecule has 4 rings (SSSR count). The molecule has 0 bridgehead atoms. The highest BCUT2D eigenvalue weighted by molar-refractivity contribution is 7.91. The fraction of sp³-hybridized carbons (Fsp3) is 0.217. The molecule has 2 aromatic carbocycles. The molecular formula is C23H24N4O4S2. The maximum Gasteiger partial charge on any atom is 0.323 e. The second-order valence-corrected chi connectivity index (χ2v) is 10.7. The zero-order valence-electron chi connectivity index (χ0n) is 17.7. The molecule has 0 unspecified atom stereocenters. The van der Waals surface area contributed by atoms with Gasteiger partial charge in [0, 0.05) is 36.1 Å². The van der Waals surface area contributed by atoms with Crippen LogP contribution in [0.4, 0.5) is 21.9 Å². The van der Waals surface area contributed by atoms with E-state index < -0.39 is 10.0 Å². The number of anilines is 3.